The van der Waals surface area contributed by atoms with Gasteiger partial charge in [0.25, 0.3) is 0 Å². The lowest BCUT2D eigenvalue weighted by Gasteiger charge is -2.13. The number of nitrogens with zero attached hydrogens (tertiary/aromatic N) is 2. The molecule has 0 fully saturated rings. The molecule has 3 aromatic heterocycles. The van der Waals surface area contributed by atoms with Crippen molar-refractivity contribution in [2.24, 2.45) is 0 Å². The first kappa shape index (κ1) is 27.0. The van der Waals surface area contributed by atoms with E-state index in [9.17, 15) is 0 Å². The molecule has 0 bridgehead atoms. The molecule has 1 aliphatic rings. The third-order valence-corrected chi connectivity index (χ3v) is 9.86. The van der Waals surface area contributed by atoms with E-state index in [0.29, 0.717) is 0 Å². The van der Waals surface area contributed by atoms with Crippen LogP contribution in [0.1, 0.15) is 17.7 Å². The maximum atomic E-state index is 6.67. The number of allylic oxidation sites excluding steroid dienone is 1. The van der Waals surface area contributed by atoms with Gasteiger partial charge in [-0.15, -0.1) is 0 Å². The number of fused-ring (bicyclic) bond motifs is 7. The molecule has 0 spiro atoms. The molecule has 48 heavy (non-hydrogen) atoms. The van der Waals surface area contributed by atoms with Gasteiger partial charge in [0, 0.05) is 50.1 Å². The first-order chi connectivity index (χ1) is 23.8. The van der Waals surface area contributed by atoms with Crippen LogP contribution in [0.5, 0.6) is 0 Å². The Bertz CT molecular complexity index is 2710. The highest BCUT2D eigenvalue weighted by Crippen LogP contribution is 2.42. The van der Waals surface area contributed by atoms with Crippen molar-refractivity contribution in [3.8, 4) is 39.2 Å². The summed E-state index contributed by atoms with van der Waals surface area (Å²) in [5.41, 5.74) is 14.6. The number of hydrogen-bond donors (Lipinski definition) is 0. The van der Waals surface area contributed by atoms with E-state index >= 15 is 0 Å². The molecular formula is C45H30N2O. The number of pyridine rings is 1. The van der Waals surface area contributed by atoms with Gasteiger partial charge in [-0.3, -0.25) is 0 Å². The van der Waals surface area contributed by atoms with E-state index in [4.69, 9.17) is 9.40 Å². The predicted octanol–water partition coefficient (Wildman–Crippen LogP) is 12.0. The van der Waals surface area contributed by atoms with E-state index in [2.05, 4.69) is 156 Å². The molecule has 0 unspecified atom stereocenters. The number of furan rings is 1. The largest absolute Gasteiger partial charge is 0.456 e. The standard InChI is InChI=1S/C45H30N2O/c1-3-12-29(13-4-1)31-22-25-42-38(26-31)34-17-8-10-20-41(34)47(42)32-23-24-36-44(27-32)48-43-21-11-18-35(45(36)43)37-28-40(30-14-5-2-6-15-30)46-39-19-9-7-16-33(37)39/h1-9,11-19,21-28H,10,20H2. The van der Waals surface area contributed by atoms with Crippen molar-refractivity contribution in [2.45, 2.75) is 12.8 Å². The third kappa shape index (κ3) is 4.18. The van der Waals surface area contributed by atoms with Gasteiger partial charge in [0.1, 0.15) is 11.2 Å². The summed E-state index contributed by atoms with van der Waals surface area (Å²) in [7, 11) is 0. The molecule has 1 aliphatic carbocycles. The van der Waals surface area contributed by atoms with Gasteiger partial charge < -0.3 is 8.98 Å². The third-order valence-electron chi connectivity index (χ3n) is 9.86. The molecule has 3 nitrogen and oxygen atoms in total. The number of rotatable bonds is 4. The molecule has 0 saturated heterocycles. The normalized spacial score (nSPS) is 12.8. The fraction of sp³-hybridized carbons (Fsp3) is 0.0444. The quantitative estimate of drug-likeness (QED) is 0.197. The summed E-state index contributed by atoms with van der Waals surface area (Å²) in [5, 5.41) is 4.66. The molecule has 0 saturated carbocycles. The van der Waals surface area contributed by atoms with E-state index < -0.39 is 0 Å². The first-order valence-electron chi connectivity index (χ1n) is 16.6. The second kappa shape index (κ2) is 10.7. The van der Waals surface area contributed by atoms with Crippen molar-refractivity contribution in [3.05, 3.63) is 163 Å². The molecule has 0 atom stereocenters. The Labute approximate surface area is 278 Å². The Hall–Kier alpha value is -6.19. The minimum atomic E-state index is 0.886. The predicted molar refractivity (Wildman–Crippen MR) is 200 cm³/mol. The minimum Gasteiger partial charge on any atom is -0.456 e. The van der Waals surface area contributed by atoms with Crippen LogP contribution in [0.2, 0.25) is 0 Å². The van der Waals surface area contributed by atoms with Crippen molar-refractivity contribution in [3.63, 3.8) is 0 Å². The molecule has 6 aromatic carbocycles. The van der Waals surface area contributed by atoms with Gasteiger partial charge in [-0.25, -0.2) is 4.98 Å². The average Bonchev–Trinajstić information content (AvgIpc) is 3.70. The van der Waals surface area contributed by atoms with Gasteiger partial charge in [-0.05, 0) is 77.6 Å². The Kier molecular flexibility index (Phi) is 6.00. The van der Waals surface area contributed by atoms with Crippen molar-refractivity contribution in [1.29, 1.82) is 0 Å². The molecule has 9 aromatic rings. The maximum absolute atomic E-state index is 6.67. The highest BCUT2D eigenvalue weighted by Gasteiger charge is 2.21. The molecule has 226 valence electrons. The smallest absolute Gasteiger partial charge is 0.137 e. The van der Waals surface area contributed by atoms with Crippen molar-refractivity contribution < 1.29 is 4.42 Å². The Balaban J connectivity index is 1.17. The summed E-state index contributed by atoms with van der Waals surface area (Å²) < 4.78 is 9.11. The van der Waals surface area contributed by atoms with Crippen molar-refractivity contribution in [1.82, 2.24) is 9.55 Å². The van der Waals surface area contributed by atoms with Crippen LogP contribution >= 0.6 is 0 Å². The highest BCUT2D eigenvalue weighted by atomic mass is 16.3. The fourth-order valence-corrected chi connectivity index (χ4v) is 7.66. The Morgan fingerprint density at radius 1 is 0.562 bits per heavy atom. The molecule has 0 radical (unpaired) electrons. The van der Waals surface area contributed by atoms with Crippen LogP contribution < -0.4 is 0 Å². The summed E-state index contributed by atoms with van der Waals surface area (Å²) >= 11 is 0. The molecular weight excluding hydrogens is 585 g/mol. The average molecular weight is 615 g/mol. The summed E-state index contributed by atoms with van der Waals surface area (Å²) in [6, 6.07) is 51.7. The molecule has 3 heteroatoms. The molecule has 10 rings (SSSR count). The summed E-state index contributed by atoms with van der Waals surface area (Å²) in [4.78, 5) is 5.05. The SMILES string of the molecule is C1=Cc2c(n(-c3ccc4c(c3)oc3cccc(-c5cc(-c6ccccc6)nc6ccccc56)c34)c3ccc(-c4ccccc4)cc23)CC1. The van der Waals surface area contributed by atoms with Gasteiger partial charge in [-0.1, -0.05) is 109 Å². The number of benzene rings is 6. The van der Waals surface area contributed by atoms with E-state index in [1.54, 1.807) is 0 Å². The second-order valence-electron chi connectivity index (χ2n) is 12.6. The van der Waals surface area contributed by atoms with Crippen LogP contribution in [0, 0.1) is 0 Å². The molecule has 0 N–H and O–H groups in total. The lowest BCUT2D eigenvalue weighted by molar-refractivity contribution is 0.668. The van der Waals surface area contributed by atoms with E-state index in [-0.39, 0.29) is 0 Å². The van der Waals surface area contributed by atoms with Gasteiger partial charge >= 0.3 is 0 Å². The summed E-state index contributed by atoms with van der Waals surface area (Å²) in [6.07, 6.45) is 6.65. The number of hydrogen-bond acceptors (Lipinski definition) is 2. The van der Waals surface area contributed by atoms with Crippen LogP contribution in [0.4, 0.5) is 0 Å². The zero-order chi connectivity index (χ0) is 31.6. The van der Waals surface area contributed by atoms with E-state index in [1.807, 2.05) is 6.07 Å². The second-order valence-corrected chi connectivity index (χ2v) is 12.6. The fourth-order valence-electron chi connectivity index (χ4n) is 7.66. The first-order valence-corrected chi connectivity index (χ1v) is 16.6. The van der Waals surface area contributed by atoms with Crippen LogP contribution in [0.25, 0.3) is 89.0 Å². The number of aromatic nitrogens is 2. The molecule has 3 heterocycles. The zero-order valence-electron chi connectivity index (χ0n) is 26.2. The van der Waals surface area contributed by atoms with Gasteiger partial charge in [0.15, 0.2) is 0 Å². The van der Waals surface area contributed by atoms with Crippen LogP contribution in [0.3, 0.4) is 0 Å². The molecule has 0 amide bonds. The minimum absolute atomic E-state index is 0.886. The Morgan fingerprint density at radius 2 is 1.38 bits per heavy atom. The zero-order valence-corrected chi connectivity index (χ0v) is 26.2. The summed E-state index contributed by atoms with van der Waals surface area (Å²) in [6.45, 7) is 0. The number of para-hydroxylation sites is 1. The van der Waals surface area contributed by atoms with Crippen LogP contribution in [-0.4, -0.2) is 9.55 Å². The van der Waals surface area contributed by atoms with E-state index in [1.165, 1.54) is 33.3 Å². The van der Waals surface area contributed by atoms with Gasteiger partial charge in [-0.2, -0.15) is 0 Å². The lowest BCUT2D eigenvalue weighted by Crippen LogP contribution is -2.02. The maximum Gasteiger partial charge on any atom is 0.137 e. The summed E-state index contributed by atoms with van der Waals surface area (Å²) in [5.74, 6) is 0. The van der Waals surface area contributed by atoms with Crippen molar-refractivity contribution in [2.75, 3.05) is 0 Å². The van der Waals surface area contributed by atoms with Crippen molar-refractivity contribution >= 4 is 49.8 Å². The molecule has 0 aliphatic heterocycles. The Morgan fingerprint density at radius 3 is 2.25 bits per heavy atom. The lowest BCUT2D eigenvalue weighted by atomic mass is 9.94. The van der Waals surface area contributed by atoms with Crippen LogP contribution in [0.15, 0.2) is 156 Å². The topological polar surface area (TPSA) is 31.0 Å². The van der Waals surface area contributed by atoms with E-state index in [0.717, 1.165) is 73.8 Å². The van der Waals surface area contributed by atoms with Crippen LogP contribution in [-0.2, 0) is 6.42 Å². The monoisotopic (exact) mass is 614 g/mol. The van der Waals surface area contributed by atoms with Gasteiger partial charge in [0.05, 0.1) is 16.7 Å². The highest BCUT2D eigenvalue weighted by molar-refractivity contribution is 6.15. The van der Waals surface area contributed by atoms with Gasteiger partial charge in [0.2, 0.25) is 0 Å².